The molecule has 0 bridgehead atoms. The number of carbonyl (C=O) groups excluding carboxylic acids is 1. The molecule has 3 aromatic rings. The zero-order chi connectivity index (χ0) is 19.5. The Balaban J connectivity index is 1.56. The fourth-order valence-electron chi connectivity index (χ4n) is 3.11. The lowest BCUT2D eigenvalue weighted by molar-refractivity contribution is -0.384. The van der Waals surface area contributed by atoms with Crippen LogP contribution in [0, 0.1) is 10.1 Å². The molecule has 1 N–H and O–H groups in total. The molecule has 28 heavy (non-hydrogen) atoms. The van der Waals surface area contributed by atoms with Gasteiger partial charge in [0, 0.05) is 23.3 Å². The van der Waals surface area contributed by atoms with E-state index >= 15 is 0 Å². The summed E-state index contributed by atoms with van der Waals surface area (Å²) in [7, 11) is 0. The highest BCUT2D eigenvalue weighted by molar-refractivity contribution is 5.90. The summed E-state index contributed by atoms with van der Waals surface area (Å²) in [5, 5.41) is 14.7. The third-order valence-corrected chi connectivity index (χ3v) is 4.43. The number of amides is 1. The number of carbonyl (C=O) groups is 1. The number of hydrogen-bond donors (Lipinski definition) is 1. The van der Waals surface area contributed by atoms with Crippen molar-refractivity contribution in [1.29, 1.82) is 0 Å². The fourth-order valence-corrected chi connectivity index (χ4v) is 3.11. The minimum Gasteiger partial charge on any atom is -0.457 e. The topological polar surface area (TPSA) is 93.8 Å². The number of fused-ring (bicyclic) bond motifs is 2. The molecule has 3 aromatic carbocycles. The van der Waals surface area contributed by atoms with Crippen molar-refractivity contribution in [2.24, 2.45) is 5.10 Å². The first-order chi connectivity index (χ1) is 13.6. The van der Waals surface area contributed by atoms with E-state index in [4.69, 9.17) is 4.74 Å². The van der Waals surface area contributed by atoms with E-state index in [0.29, 0.717) is 17.1 Å². The highest BCUT2D eigenvalue weighted by Crippen LogP contribution is 2.43. The molecule has 0 unspecified atom stereocenters. The van der Waals surface area contributed by atoms with E-state index in [1.54, 1.807) is 12.1 Å². The smallest absolute Gasteiger partial charge is 0.269 e. The van der Waals surface area contributed by atoms with Crippen LogP contribution in [-0.2, 0) is 4.79 Å². The van der Waals surface area contributed by atoms with Crippen LogP contribution in [0.25, 0.3) is 0 Å². The normalized spacial score (nSPS) is 12.7. The predicted molar refractivity (Wildman–Crippen MR) is 104 cm³/mol. The van der Waals surface area contributed by atoms with E-state index in [0.717, 1.165) is 11.1 Å². The molecule has 0 spiro atoms. The van der Waals surface area contributed by atoms with E-state index < -0.39 is 10.8 Å². The molecule has 1 aliphatic rings. The van der Waals surface area contributed by atoms with Crippen LogP contribution >= 0.6 is 0 Å². The second-order valence-electron chi connectivity index (χ2n) is 6.19. The molecule has 0 fully saturated rings. The van der Waals surface area contributed by atoms with Crippen molar-refractivity contribution in [1.82, 2.24) is 5.43 Å². The summed E-state index contributed by atoms with van der Waals surface area (Å²) >= 11 is 0. The molecule has 4 rings (SSSR count). The second kappa shape index (κ2) is 7.32. The number of ether oxygens (including phenoxy) is 1. The van der Waals surface area contributed by atoms with Gasteiger partial charge in [0.2, 0.25) is 0 Å². The van der Waals surface area contributed by atoms with Gasteiger partial charge in [-0.15, -0.1) is 0 Å². The zero-order valence-corrected chi connectivity index (χ0v) is 14.6. The summed E-state index contributed by atoms with van der Waals surface area (Å²) in [6.45, 7) is 0. The zero-order valence-electron chi connectivity index (χ0n) is 14.6. The molecule has 0 atom stereocenters. The van der Waals surface area contributed by atoms with Gasteiger partial charge < -0.3 is 4.74 Å². The second-order valence-corrected chi connectivity index (χ2v) is 6.19. The van der Waals surface area contributed by atoms with Crippen molar-refractivity contribution in [3.05, 3.63) is 99.6 Å². The minimum absolute atomic E-state index is 0.00314. The maximum atomic E-state index is 12.9. The van der Waals surface area contributed by atoms with Crippen LogP contribution in [-0.4, -0.2) is 17.0 Å². The monoisotopic (exact) mass is 373 g/mol. The number of hydrogen-bond acceptors (Lipinski definition) is 5. The summed E-state index contributed by atoms with van der Waals surface area (Å²) in [5.74, 6) is 0.443. The number of non-ortho nitro benzene ring substituents is 1. The quantitative estimate of drug-likeness (QED) is 0.425. The van der Waals surface area contributed by atoms with Crippen molar-refractivity contribution < 1.29 is 14.5 Å². The highest BCUT2D eigenvalue weighted by atomic mass is 16.6. The van der Waals surface area contributed by atoms with E-state index in [1.165, 1.54) is 18.3 Å². The first kappa shape index (κ1) is 17.4. The number of benzene rings is 3. The first-order valence-electron chi connectivity index (χ1n) is 8.56. The van der Waals surface area contributed by atoms with Crippen molar-refractivity contribution >= 4 is 17.8 Å². The van der Waals surface area contributed by atoms with Gasteiger partial charge in [0.25, 0.3) is 11.6 Å². The molecule has 1 heterocycles. The average Bonchev–Trinajstić information content (AvgIpc) is 2.72. The molecule has 0 radical (unpaired) electrons. The molecule has 138 valence electrons. The summed E-state index contributed by atoms with van der Waals surface area (Å²) < 4.78 is 5.89. The molecular weight excluding hydrogens is 358 g/mol. The Morgan fingerprint density at radius 3 is 2.11 bits per heavy atom. The molecule has 7 nitrogen and oxygen atoms in total. The summed E-state index contributed by atoms with van der Waals surface area (Å²) in [6.07, 6.45) is 1.44. The molecule has 0 aromatic heterocycles. The Labute approximate surface area is 160 Å². The van der Waals surface area contributed by atoms with Gasteiger partial charge in [0.15, 0.2) is 0 Å². The Hall–Kier alpha value is -4.00. The van der Waals surface area contributed by atoms with E-state index in [9.17, 15) is 14.9 Å². The number of hydrazone groups is 1. The molecule has 1 amide bonds. The largest absolute Gasteiger partial charge is 0.457 e. The number of nitro groups is 1. The number of nitrogens with zero attached hydrogens (tertiary/aromatic N) is 2. The van der Waals surface area contributed by atoms with Crippen LogP contribution in [0.2, 0.25) is 0 Å². The van der Waals surface area contributed by atoms with Crippen molar-refractivity contribution in [2.45, 2.75) is 5.92 Å². The van der Waals surface area contributed by atoms with Gasteiger partial charge in [0.05, 0.1) is 17.1 Å². The van der Waals surface area contributed by atoms with Gasteiger partial charge in [-0.25, -0.2) is 5.43 Å². The number of rotatable bonds is 4. The van der Waals surface area contributed by atoms with Crippen molar-refractivity contribution in [2.75, 3.05) is 0 Å². The summed E-state index contributed by atoms with van der Waals surface area (Å²) in [4.78, 5) is 23.1. The Morgan fingerprint density at radius 2 is 1.54 bits per heavy atom. The van der Waals surface area contributed by atoms with Crippen molar-refractivity contribution in [3.8, 4) is 11.5 Å². The molecule has 1 aliphatic heterocycles. The maximum absolute atomic E-state index is 12.9. The Morgan fingerprint density at radius 1 is 0.964 bits per heavy atom. The van der Waals surface area contributed by atoms with Crippen LogP contribution in [0.1, 0.15) is 22.6 Å². The van der Waals surface area contributed by atoms with E-state index in [2.05, 4.69) is 10.5 Å². The predicted octanol–water partition coefficient (Wildman–Crippen LogP) is 3.98. The van der Waals surface area contributed by atoms with Crippen LogP contribution < -0.4 is 10.2 Å². The average molecular weight is 373 g/mol. The number of nitro benzene ring substituents is 1. The van der Waals surface area contributed by atoms with Gasteiger partial charge in [-0.1, -0.05) is 36.4 Å². The third kappa shape index (κ3) is 3.33. The van der Waals surface area contributed by atoms with Gasteiger partial charge in [0.1, 0.15) is 11.5 Å². The first-order valence-corrected chi connectivity index (χ1v) is 8.56. The van der Waals surface area contributed by atoms with Gasteiger partial charge >= 0.3 is 0 Å². The van der Waals surface area contributed by atoms with Crippen LogP contribution in [0.3, 0.4) is 0 Å². The van der Waals surface area contributed by atoms with Gasteiger partial charge in [-0.05, 0) is 29.8 Å². The standard InChI is InChI=1S/C21H15N3O4/c25-21(23-22-13-14-9-11-15(12-10-14)24(26)27)20-16-5-1-3-7-18(16)28-19-8-4-2-6-17(19)20/h1-13,20H,(H,23,25)/b22-13+. The Kier molecular flexibility index (Phi) is 4.55. The highest BCUT2D eigenvalue weighted by Gasteiger charge is 2.32. The van der Waals surface area contributed by atoms with Gasteiger partial charge in [-0.2, -0.15) is 5.10 Å². The third-order valence-electron chi connectivity index (χ3n) is 4.43. The summed E-state index contributed by atoms with van der Waals surface area (Å²) in [5.41, 5.74) is 4.73. The maximum Gasteiger partial charge on any atom is 0.269 e. The van der Waals surface area contributed by atoms with Gasteiger partial charge in [-0.3, -0.25) is 14.9 Å². The minimum atomic E-state index is -0.546. The molecular formula is C21H15N3O4. The van der Waals surface area contributed by atoms with E-state index in [1.807, 2.05) is 48.5 Å². The summed E-state index contributed by atoms with van der Waals surface area (Å²) in [6, 6.07) is 20.7. The Bertz CT molecular complexity index is 1030. The van der Waals surface area contributed by atoms with Crippen molar-refractivity contribution in [3.63, 3.8) is 0 Å². The lowest BCUT2D eigenvalue weighted by atomic mass is 9.87. The fraction of sp³-hybridized carbons (Fsp3) is 0.0476. The molecule has 7 heteroatoms. The SMILES string of the molecule is O=C(N/N=C/c1ccc([N+](=O)[O-])cc1)C1c2ccccc2Oc2ccccc21. The molecule has 0 aliphatic carbocycles. The number of para-hydroxylation sites is 2. The van der Waals surface area contributed by atoms with Crippen LogP contribution in [0.15, 0.2) is 77.9 Å². The lowest BCUT2D eigenvalue weighted by Gasteiger charge is -2.26. The molecule has 0 saturated carbocycles. The molecule has 0 saturated heterocycles. The van der Waals surface area contributed by atoms with E-state index in [-0.39, 0.29) is 11.6 Å². The van der Waals surface area contributed by atoms with Crippen LogP contribution in [0.4, 0.5) is 5.69 Å². The number of nitrogens with one attached hydrogen (secondary N) is 1. The lowest BCUT2D eigenvalue weighted by Crippen LogP contribution is -2.28. The van der Waals surface area contributed by atoms with Crippen LogP contribution in [0.5, 0.6) is 11.5 Å².